The van der Waals surface area contributed by atoms with Crippen molar-refractivity contribution in [3.63, 3.8) is 0 Å². The van der Waals surface area contributed by atoms with E-state index >= 15 is 0 Å². The highest BCUT2D eigenvalue weighted by atomic mass is 33.1. The zero-order chi connectivity index (χ0) is 14.7. The zero-order valence-corrected chi connectivity index (χ0v) is 15.4. The number of aromatic nitrogens is 6. The molecule has 4 N–H and O–H groups in total. The second kappa shape index (κ2) is 7.30. The first-order valence-electron chi connectivity index (χ1n) is 4.89. The highest BCUT2D eigenvalue weighted by molar-refractivity contribution is 8.78. The smallest absolute Gasteiger partial charge is 0.203 e. The van der Waals surface area contributed by atoms with Gasteiger partial charge in [0.05, 0.1) is 0 Å². The molecule has 0 fully saturated rings. The second-order valence-electron chi connectivity index (χ2n) is 2.98. The lowest BCUT2D eigenvalue weighted by atomic mass is 11.3. The maximum Gasteiger partial charge on any atom is 0.203 e. The van der Waals surface area contributed by atoms with Crippen LogP contribution in [0.25, 0.3) is 0 Å². The maximum atomic E-state index is 5.52. The molecule has 0 amide bonds. The molecule has 0 saturated carbocycles. The summed E-state index contributed by atoms with van der Waals surface area (Å²) in [6.45, 7) is 0. The van der Waals surface area contributed by atoms with E-state index in [-0.39, 0.29) is 0 Å². The van der Waals surface area contributed by atoms with Gasteiger partial charge in [-0.2, -0.15) is 0 Å². The van der Waals surface area contributed by atoms with E-state index in [0.717, 1.165) is 17.4 Å². The monoisotopic (exact) mass is 412 g/mol. The molecular formula is C6H4N8S7. The summed E-state index contributed by atoms with van der Waals surface area (Å²) < 4.78 is 3.27. The van der Waals surface area contributed by atoms with E-state index in [0.29, 0.717) is 10.3 Å². The van der Waals surface area contributed by atoms with Crippen LogP contribution in [-0.4, -0.2) is 30.6 Å². The number of nitrogens with two attached hydrogens (primary N) is 2. The van der Waals surface area contributed by atoms with Gasteiger partial charge in [0.2, 0.25) is 10.3 Å². The molecule has 0 aliphatic carbocycles. The maximum absolute atomic E-state index is 5.52. The molecule has 0 atom stereocenters. The van der Waals surface area contributed by atoms with E-state index < -0.39 is 0 Å². The molecule has 3 rings (SSSR count). The molecule has 3 heterocycles. The lowest BCUT2D eigenvalue weighted by molar-refractivity contribution is 0.959. The minimum Gasteiger partial charge on any atom is -0.374 e. The first-order valence-corrected chi connectivity index (χ1v) is 11.6. The molecular weight excluding hydrogens is 409 g/mol. The number of anilines is 2. The number of hydrogen-bond acceptors (Lipinski definition) is 15. The van der Waals surface area contributed by atoms with E-state index in [4.69, 9.17) is 11.5 Å². The highest BCUT2D eigenvalue weighted by Gasteiger charge is 2.11. The van der Waals surface area contributed by atoms with Crippen molar-refractivity contribution in [2.24, 2.45) is 0 Å². The van der Waals surface area contributed by atoms with Crippen molar-refractivity contribution in [1.82, 2.24) is 30.6 Å². The molecule has 110 valence electrons. The Balaban J connectivity index is 1.51. The van der Waals surface area contributed by atoms with Crippen LogP contribution in [0.15, 0.2) is 17.4 Å². The molecule has 0 aromatic carbocycles. The van der Waals surface area contributed by atoms with Gasteiger partial charge >= 0.3 is 0 Å². The Bertz CT molecular complexity index is 661. The van der Waals surface area contributed by atoms with Gasteiger partial charge in [-0.25, -0.2) is 0 Å². The molecule has 0 radical (unpaired) electrons. The van der Waals surface area contributed by atoms with Gasteiger partial charge in [-0.15, -0.1) is 30.6 Å². The van der Waals surface area contributed by atoms with Crippen LogP contribution in [0.2, 0.25) is 0 Å². The van der Waals surface area contributed by atoms with E-state index in [1.54, 1.807) is 0 Å². The summed E-state index contributed by atoms with van der Waals surface area (Å²) in [5.41, 5.74) is 11.0. The molecule has 0 aliphatic heterocycles. The predicted octanol–water partition coefficient (Wildman–Crippen LogP) is 3.00. The summed E-state index contributed by atoms with van der Waals surface area (Å²) in [5, 5.41) is 24.5. The largest absolute Gasteiger partial charge is 0.374 e. The summed E-state index contributed by atoms with van der Waals surface area (Å²) in [7, 11) is 5.88. The van der Waals surface area contributed by atoms with Gasteiger partial charge in [-0.05, 0) is 43.2 Å². The standard InChI is InChI=1S/C6H4N8S7/c7-1-9-11-3(15-1)18-20-5-13-14-6(17-5)21-19-4-12-10-2(8)16-4/h(H2,7,9)(H2,8,10). The van der Waals surface area contributed by atoms with E-state index in [9.17, 15) is 0 Å². The van der Waals surface area contributed by atoms with Crippen LogP contribution >= 0.6 is 77.2 Å². The van der Waals surface area contributed by atoms with Crippen molar-refractivity contribution in [3.05, 3.63) is 0 Å². The lowest BCUT2D eigenvalue weighted by Gasteiger charge is -1.89. The summed E-state index contributed by atoms with van der Waals surface area (Å²) in [6, 6.07) is 0. The SMILES string of the molecule is Nc1nnc(SSc2nnc(SSc3nnc(N)s3)s2)s1. The predicted molar refractivity (Wildman–Crippen MR) is 92.0 cm³/mol. The van der Waals surface area contributed by atoms with E-state index in [2.05, 4.69) is 30.6 Å². The fourth-order valence-electron chi connectivity index (χ4n) is 0.915. The van der Waals surface area contributed by atoms with Crippen molar-refractivity contribution < 1.29 is 0 Å². The summed E-state index contributed by atoms with van der Waals surface area (Å²) in [5.74, 6) is 0. The Morgan fingerprint density at radius 2 is 0.857 bits per heavy atom. The van der Waals surface area contributed by atoms with Crippen LogP contribution in [0.1, 0.15) is 0 Å². The first kappa shape index (κ1) is 15.6. The zero-order valence-electron chi connectivity index (χ0n) is 9.70. The number of hydrogen-bond donors (Lipinski definition) is 2. The van der Waals surface area contributed by atoms with E-state index in [1.165, 1.54) is 77.2 Å². The molecule has 0 bridgehead atoms. The average Bonchev–Trinajstić information content (AvgIpc) is 3.16. The Morgan fingerprint density at radius 1 is 0.524 bits per heavy atom. The summed E-state index contributed by atoms with van der Waals surface area (Å²) >= 11 is 4.18. The molecule has 3 aromatic rings. The highest BCUT2D eigenvalue weighted by Crippen LogP contribution is 2.45. The Hall–Kier alpha value is -0.320. The third-order valence-corrected chi connectivity index (χ3v) is 9.93. The molecule has 8 nitrogen and oxygen atoms in total. The van der Waals surface area contributed by atoms with E-state index in [1.807, 2.05) is 0 Å². The van der Waals surface area contributed by atoms with Crippen molar-refractivity contribution in [3.8, 4) is 0 Å². The van der Waals surface area contributed by atoms with Crippen LogP contribution in [-0.2, 0) is 0 Å². The van der Waals surface area contributed by atoms with Gasteiger partial charge < -0.3 is 11.5 Å². The quantitative estimate of drug-likeness (QED) is 0.577. The molecule has 15 heteroatoms. The van der Waals surface area contributed by atoms with Crippen LogP contribution in [0.5, 0.6) is 0 Å². The molecule has 0 unspecified atom stereocenters. The van der Waals surface area contributed by atoms with Crippen molar-refractivity contribution in [2.45, 2.75) is 17.4 Å². The number of nitrogen functional groups attached to an aromatic ring is 2. The lowest BCUT2D eigenvalue weighted by Crippen LogP contribution is -1.79. The number of rotatable bonds is 6. The molecule has 21 heavy (non-hydrogen) atoms. The molecule has 3 aromatic heterocycles. The third kappa shape index (κ3) is 4.57. The average molecular weight is 413 g/mol. The number of nitrogens with zero attached hydrogens (tertiary/aromatic N) is 6. The normalized spacial score (nSPS) is 11.0. The molecule has 0 spiro atoms. The third-order valence-electron chi connectivity index (χ3n) is 1.60. The van der Waals surface area contributed by atoms with Crippen LogP contribution in [0.4, 0.5) is 10.3 Å². The Labute approximate surface area is 146 Å². The summed E-state index contributed by atoms with van der Waals surface area (Å²) in [6.07, 6.45) is 0. The summed E-state index contributed by atoms with van der Waals surface area (Å²) in [4.78, 5) is 0. The second-order valence-corrected chi connectivity index (χ2v) is 11.2. The Kier molecular flexibility index (Phi) is 5.41. The fourth-order valence-corrected chi connectivity index (χ4v) is 7.89. The Morgan fingerprint density at radius 3 is 1.19 bits per heavy atom. The van der Waals surface area contributed by atoms with Gasteiger partial charge in [0.15, 0.2) is 17.4 Å². The van der Waals surface area contributed by atoms with Gasteiger partial charge in [-0.1, -0.05) is 34.0 Å². The van der Waals surface area contributed by atoms with Gasteiger partial charge in [0, 0.05) is 0 Å². The minimum atomic E-state index is 0.458. The molecule has 0 saturated heterocycles. The van der Waals surface area contributed by atoms with Crippen molar-refractivity contribution in [2.75, 3.05) is 11.5 Å². The minimum absolute atomic E-state index is 0.458. The fraction of sp³-hybridized carbons (Fsp3) is 0. The van der Waals surface area contributed by atoms with Crippen LogP contribution in [0.3, 0.4) is 0 Å². The van der Waals surface area contributed by atoms with Crippen molar-refractivity contribution >= 4 is 87.4 Å². The van der Waals surface area contributed by atoms with Crippen LogP contribution < -0.4 is 11.5 Å². The van der Waals surface area contributed by atoms with Gasteiger partial charge in [0.1, 0.15) is 0 Å². The van der Waals surface area contributed by atoms with Gasteiger partial charge in [-0.3, -0.25) is 0 Å². The molecule has 0 aliphatic rings. The van der Waals surface area contributed by atoms with Crippen molar-refractivity contribution in [1.29, 1.82) is 0 Å². The van der Waals surface area contributed by atoms with Crippen LogP contribution in [0, 0.1) is 0 Å². The first-order chi connectivity index (χ1) is 10.2. The topological polar surface area (TPSA) is 129 Å². The van der Waals surface area contributed by atoms with Gasteiger partial charge in [0.25, 0.3) is 0 Å².